The van der Waals surface area contributed by atoms with E-state index in [0.717, 1.165) is 31.2 Å². The van der Waals surface area contributed by atoms with Crippen molar-refractivity contribution in [3.8, 4) is 17.2 Å². The van der Waals surface area contributed by atoms with Crippen LogP contribution < -0.4 is 18.9 Å². The third-order valence-electron chi connectivity index (χ3n) is 5.91. The highest BCUT2D eigenvalue weighted by atomic mass is 32.2. The van der Waals surface area contributed by atoms with Crippen LogP contribution in [-0.2, 0) is 10.0 Å². The molecule has 1 amide bonds. The van der Waals surface area contributed by atoms with Crippen LogP contribution in [0.4, 0.5) is 0 Å². The summed E-state index contributed by atoms with van der Waals surface area (Å²) in [5.41, 5.74) is 1.21. The van der Waals surface area contributed by atoms with Gasteiger partial charge in [0.2, 0.25) is 10.0 Å². The van der Waals surface area contributed by atoms with E-state index in [9.17, 15) is 13.2 Å². The highest BCUT2D eigenvalue weighted by Gasteiger charge is 2.34. The van der Waals surface area contributed by atoms with E-state index in [0.29, 0.717) is 23.6 Å². The van der Waals surface area contributed by atoms with Crippen LogP contribution in [0.2, 0.25) is 0 Å². The summed E-state index contributed by atoms with van der Waals surface area (Å²) in [7, 11) is 0.814. The quantitative estimate of drug-likeness (QED) is 0.651. The summed E-state index contributed by atoms with van der Waals surface area (Å²) in [5.74, 6) is 1.32. The molecule has 9 heteroatoms. The van der Waals surface area contributed by atoms with Crippen LogP contribution in [0.3, 0.4) is 0 Å². The van der Waals surface area contributed by atoms with Crippen molar-refractivity contribution < 1.29 is 27.4 Å². The van der Waals surface area contributed by atoms with Crippen LogP contribution >= 0.6 is 0 Å². The van der Waals surface area contributed by atoms with Crippen molar-refractivity contribution in [3.05, 3.63) is 47.5 Å². The lowest BCUT2D eigenvalue weighted by atomic mass is 10.0. The molecule has 2 aliphatic rings. The maximum atomic E-state index is 13.5. The molecule has 0 aromatic heterocycles. The van der Waals surface area contributed by atoms with Crippen molar-refractivity contribution in [3.63, 3.8) is 0 Å². The van der Waals surface area contributed by atoms with Crippen molar-refractivity contribution in [2.45, 2.75) is 42.7 Å². The molecule has 1 saturated carbocycles. The molecule has 0 bridgehead atoms. The van der Waals surface area contributed by atoms with Gasteiger partial charge < -0.3 is 19.1 Å². The van der Waals surface area contributed by atoms with Crippen LogP contribution in [0.5, 0.6) is 17.2 Å². The predicted molar refractivity (Wildman–Crippen MR) is 119 cm³/mol. The monoisotopic (exact) mass is 460 g/mol. The normalized spacial score (nSPS) is 18.5. The molecule has 32 heavy (non-hydrogen) atoms. The van der Waals surface area contributed by atoms with Crippen molar-refractivity contribution in [2.75, 3.05) is 27.9 Å². The number of sulfonamides is 1. The van der Waals surface area contributed by atoms with E-state index >= 15 is 0 Å². The number of ether oxygens (including phenoxy) is 3. The Labute approximate surface area is 188 Å². The summed E-state index contributed by atoms with van der Waals surface area (Å²) < 4.78 is 44.4. The third kappa shape index (κ3) is 4.40. The minimum absolute atomic E-state index is 0.0180. The Morgan fingerprint density at radius 1 is 0.969 bits per heavy atom. The molecule has 1 unspecified atom stereocenters. The Balaban J connectivity index is 1.66. The number of likely N-dealkylation sites (tertiary alicyclic amines) is 1. The van der Waals surface area contributed by atoms with E-state index in [4.69, 9.17) is 14.2 Å². The number of carbonyl (C=O) groups excluding carboxylic acids is 1. The third-order valence-corrected chi connectivity index (χ3v) is 7.45. The zero-order valence-electron chi connectivity index (χ0n) is 18.5. The molecule has 2 aromatic carbocycles. The van der Waals surface area contributed by atoms with Gasteiger partial charge in [-0.3, -0.25) is 4.79 Å². The van der Waals surface area contributed by atoms with E-state index < -0.39 is 10.0 Å². The first-order chi connectivity index (χ1) is 15.4. The molecule has 2 aromatic rings. The molecular formula is C23H28N2O6S. The van der Waals surface area contributed by atoms with Crippen molar-refractivity contribution >= 4 is 15.9 Å². The Hall–Kier alpha value is -2.78. The second kappa shape index (κ2) is 8.99. The van der Waals surface area contributed by atoms with Crippen molar-refractivity contribution in [2.24, 2.45) is 0 Å². The lowest BCUT2D eigenvalue weighted by Crippen LogP contribution is -2.31. The second-order valence-electron chi connectivity index (χ2n) is 8.03. The molecule has 1 atom stereocenters. The number of hydrogen-bond donors (Lipinski definition) is 1. The zero-order valence-corrected chi connectivity index (χ0v) is 19.3. The van der Waals surface area contributed by atoms with Gasteiger partial charge in [-0.05, 0) is 56.0 Å². The fourth-order valence-corrected chi connectivity index (χ4v) is 5.60. The van der Waals surface area contributed by atoms with E-state index in [1.807, 2.05) is 12.1 Å². The Kier molecular flexibility index (Phi) is 6.30. The molecule has 1 saturated heterocycles. The number of rotatable bonds is 8. The number of nitrogens with one attached hydrogen (secondary N) is 1. The number of amides is 1. The second-order valence-corrected chi connectivity index (χ2v) is 9.71. The molecule has 8 nitrogen and oxygen atoms in total. The molecule has 0 radical (unpaired) electrons. The minimum Gasteiger partial charge on any atom is -0.497 e. The van der Waals surface area contributed by atoms with Gasteiger partial charge in [0.25, 0.3) is 5.91 Å². The SMILES string of the molecule is COc1ccc(C2CCCN2C(=O)c2ccc(OC)c(S(=O)(=O)NC3CC3)c2)c(OC)c1. The summed E-state index contributed by atoms with van der Waals surface area (Å²) in [5, 5.41) is 0. The van der Waals surface area contributed by atoms with Gasteiger partial charge in [-0.2, -0.15) is 0 Å². The predicted octanol–water partition coefficient (Wildman–Crippen LogP) is 3.13. The van der Waals surface area contributed by atoms with Gasteiger partial charge in [0.15, 0.2) is 0 Å². The van der Waals surface area contributed by atoms with Gasteiger partial charge >= 0.3 is 0 Å². The summed E-state index contributed by atoms with van der Waals surface area (Å²) in [6.45, 7) is 0.577. The van der Waals surface area contributed by atoms with Crippen LogP contribution in [0.15, 0.2) is 41.3 Å². The first kappa shape index (κ1) is 22.4. The molecule has 0 spiro atoms. The molecule has 1 N–H and O–H groups in total. The maximum absolute atomic E-state index is 13.5. The molecule has 1 heterocycles. The minimum atomic E-state index is -3.78. The largest absolute Gasteiger partial charge is 0.497 e. The highest BCUT2D eigenvalue weighted by molar-refractivity contribution is 7.89. The Morgan fingerprint density at radius 2 is 1.72 bits per heavy atom. The van der Waals surface area contributed by atoms with Crippen LogP contribution in [-0.4, -0.2) is 53.1 Å². The topological polar surface area (TPSA) is 94.2 Å². The lowest BCUT2D eigenvalue weighted by molar-refractivity contribution is 0.0734. The molecule has 4 rings (SSSR count). The maximum Gasteiger partial charge on any atom is 0.254 e. The summed E-state index contributed by atoms with van der Waals surface area (Å²) in [6, 6.07) is 9.90. The Bertz CT molecular complexity index is 1110. The lowest BCUT2D eigenvalue weighted by Gasteiger charge is -2.27. The van der Waals surface area contributed by atoms with Gasteiger partial charge in [0, 0.05) is 29.8 Å². The van der Waals surface area contributed by atoms with E-state index in [-0.39, 0.29) is 28.6 Å². The number of benzene rings is 2. The standard InChI is InChI=1S/C23H28N2O6S/c1-29-17-9-10-18(21(14-17)31-3)19-5-4-12-25(19)23(26)15-6-11-20(30-2)22(13-15)32(27,28)24-16-7-8-16/h6,9-11,13-14,16,19,24H,4-5,7-8,12H2,1-3H3. The van der Waals surface area contributed by atoms with E-state index in [1.165, 1.54) is 19.2 Å². The van der Waals surface area contributed by atoms with Gasteiger partial charge in [-0.1, -0.05) is 0 Å². The molecular weight excluding hydrogens is 432 g/mol. The van der Waals surface area contributed by atoms with Crippen molar-refractivity contribution in [1.82, 2.24) is 9.62 Å². The number of hydrogen-bond acceptors (Lipinski definition) is 6. The molecule has 2 fully saturated rings. The zero-order chi connectivity index (χ0) is 22.9. The summed E-state index contributed by atoms with van der Waals surface area (Å²) in [6.07, 6.45) is 3.27. The highest BCUT2D eigenvalue weighted by Crippen LogP contribution is 2.40. The van der Waals surface area contributed by atoms with Crippen LogP contribution in [0.1, 0.15) is 47.6 Å². The van der Waals surface area contributed by atoms with Crippen LogP contribution in [0, 0.1) is 0 Å². The number of nitrogens with zero attached hydrogens (tertiary/aromatic N) is 1. The van der Waals surface area contributed by atoms with Gasteiger partial charge in [0.1, 0.15) is 22.1 Å². The number of methoxy groups -OCH3 is 3. The average molecular weight is 461 g/mol. The smallest absolute Gasteiger partial charge is 0.254 e. The van der Waals surface area contributed by atoms with Gasteiger partial charge in [0.05, 0.1) is 27.4 Å². The molecule has 1 aliphatic heterocycles. The van der Waals surface area contributed by atoms with E-state index in [1.54, 1.807) is 31.3 Å². The first-order valence-electron chi connectivity index (χ1n) is 10.6. The Morgan fingerprint density at radius 3 is 2.38 bits per heavy atom. The van der Waals surface area contributed by atoms with Crippen molar-refractivity contribution in [1.29, 1.82) is 0 Å². The first-order valence-corrected chi connectivity index (χ1v) is 12.1. The fraction of sp³-hybridized carbons (Fsp3) is 0.435. The molecule has 1 aliphatic carbocycles. The molecule has 172 valence electrons. The van der Waals surface area contributed by atoms with E-state index in [2.05, 4.69) is 4.72 Å². The van der Waals surface area contributed by atoms with Gasteiger partial charge in [-0.15, -0.1) is 0 Å². The number of carbonyl (C=O) groups is 1. The van der Waals surface area contributed by atoms with Crippen LogP contribution in [0.25, 0.3) is 0 Å². The average Bonchev–Trinajstić information content (AvgIpc) is 3.48. The van der Waals surface area contributed by atoms with Gasteiger partial charge in [-0.25, -0.2) is 13.1 Å². The summed E-state index contributed by atoms with van der Waals surface area (Å²) in [4.78, 5) is 15.2. The fourth-order valence-electron chi connectivity index (χ4n) is 4.10. The summed E-state index contributed by atoms with van der Waals surface area (Å²) >= 11 is 0.